The van der Waals surface area contributed by atoms with Crippen LogP contribution in [0.4, 0.5) is 0 Å². The number of esters is 1. The van der Waals surface area contributed by atoms with Crippen molar-refractivity contribution in [2.75, 3.05) is 7.11 Å². The van der Waals surface area contributed by atoms with Crippen LogP contribution in [0.1, 0.15) is 36.2 Å². The Morgan fingerprint density at radius 3 is 2.35 bits per heavy atom. The van der Waals surface area contributed by atoms with Gasteiger partial charge in [0.1, 0.15) is 6.04 Å². The maximum atomic E-state index is 12.4. The summed E-state index contributed by atoms with van der Waals surface area (Å²) in [5.41, 5.74) is 0.551. The Kier molecular flexibility index (Phi) is 6.28. The molecule has 1 atom stereocenters. The van der Waals surface area contributed by atoms with Gasteiger partial charge in [-0.15, -0.1) is 0 Å². The molecule has 0 fully saturated rings. The van der Waals surface area contributed by atoms with E-state index in [-0.39, 0.29) is 22.8 Å². The molecule has 0 bridgehead atoms. The van der Waals surface area contributed by atoms with E-state index in [1.165, 1.54) is 32.2 Å². The molecule has 8 heteroatoms. The van der Waals surface area contributed by atoms with E-state index in [0.29, 0.717) is 5.56 Å². The van der Waals surface area contributed by atoms with E-state index < -0.39 is 28.0 Å². The van der Waals surface area contributed by atoms with Gasteiger partial charge < -0.3 is 9.84 Å². The average Bonchev–Trinajstić information content (AvgIpc) is 2.44. The average molecular weight is 343 g/mol. The van der Waals surface area contributed by atoms with Gasteiger partial charge in [-0.25, -0.2) is 13.2 Å². The SMILES string of the molecule is COC(=O)c1ccc(S(=O)(=O)N[C@H](CC(C)C)C(=O)O)c(C)c1. The summed E-state index contributed by atoms with van der Waals surface area (Å²) in [7, 11) is -2.78. The molecule has 0 aliphatic heterocycles. The second-order valence-electron chi connectivity index (χ2n) is 5.61. The standard InChI is InChI=1S/C15H21NO6S/c1-9(2)7-12(14(17)18)16-23(20,21)13-6-5-11(8-10(13)3)15(19)22-4/h5-6,8-9,12,16H,7H2,1-4H3,(H,17,18)/t12-/m1/s1. The second-order valence-corrected chi connectivity index (χ2v) is 7.30. The molecule has 0 radical (unpaired) electrons. The lowest BCUT2D eigenvalue weighted by Gasteiger charge is -2.17. The number of hydrogen-bond acceptors (Lipinski definition) is 5. The van der Waals surface area contributed by atoms with Crippen molar-refractivity contribution < 1.29 is 27.9 Å². The number of methoxy groups -OCH3 is 1. The van der Waals surface area contributed by atoms with Gasteiger partial charge >= 0.3 is 11.9 Å². The van der Waals surface area contributed by atoms with Gasteiger partial charge in [0.15, 0.2) is 0 Å². The van der Waals surface area contributed by atoms with E-state index >= 15 is 0 Å². The van der Waals surface area contributed by atoms with Crippen molar-refractivity contribution in [3.63, 3.8) is 0 Å². The Balaban J connectivity index is 3.13. The van der Waals surface area contributed by atoms with Crippen LogP contribution in [-0.4, -0.2) is 38.6 Å². The number of carboxylic acid groups (broad SMARTS) is 1. The monoisotopic (exact) mass is 343 g/mol. The predicted molar refractivity (Wildman–Crippen MR) is 83.7 cm³/mol. The molecule has 0 aliphatic carbocycles. The van der Waals surface area contributed by atoms with Gasteiger partial charge in [0.25, 0.3) is 0 Å². The molecule has 0 heterocycles. The van der Waals surface area contributed by atoms with E-state index in [0.717, 1.165) is 0 Å². The number of benzene rings is 1. The predicted octanol–water partition coefficient (Wildman–Crippen LogP) is 1.56. The highest BCUT2D eigenvalue weighted by Crippen LogP contribution is 2.18. The fourth-order valence-electron chi connectivity index (χ4n) is 2.12. The molecule has 0 saturated heterocycles. The van der Waals surface area contributed by atoms with Crippen LogP contribution in [0.5, 0.6) is 0 Å². The van der Waals surface area contributed by atoms with E-state index in [1.54, 1.807) is 13.8 Å². The molecule has 0 amide bonds. The number of carbonyl (C=O) groups is 2. The van der Waals surface area contributed by atoms with Gasteiger partial charge in [0.2, 0.25) is 10.0 Å². The molecule has 2 N–H and O–H groups in total. The Hall–Kier alpha value is -1.93. The summed E-state index contributed by atoms with van der Waals surface area (Å²) in [6, 6.07) is 2.77. The van der Waals surface area contributed by atoms with Crippen LogP contribution in [0.3, 0.4) is 0 Å². The zero-order valence-electron chi connectivity index (χ0n) is 13.5. The highest BCUT2D eigenvalue weighted by Gasteiger charge is 2.27. The fourth-order valence-corrected chi connectivity index (χ4v) is 3.55. The minimum Gasteiger partial charge on any atom is -0.480 e. The first-order valence-corrected chi connectivity index (χ1v) is 8.51. The van der Waals surface area contributed by atoms with Crippen molar-refractivity contribution in [1.29, 1.82) is 0 Å². The van der Waals surface area contributed by atoms with Crippen molar-refractivity contribution in [1.82, 2.24) is 4.72 Å². The maximum Gasteiger partial charge on any atom is 0.337 e. The van der Waals surface area contributed by atoms with Crippen molar-refractivity contribution in [2.45, 2.75) is 38.1 Å². The van der Waals surface area contributed by atoms with E-state index in [4.69, 9.17) is 5.11 Å². The summed E-state index contributed by atoms with van der Waals surface area (Å²) in [4.78, 5) is 22.6. The minimum atomic E-state index is -4.01. The first-order chi connectivity index (χ1) is 10.6. The lowest BCUT2D eigenvalue weighted by molar-refractivity contribution is -0.139. The molecule has 0 aromatic heterocycles. The highest BCUT2D eigenvalue weighted by atomic mass is 32.2. The molecule has 0 spiro atoms. The van der Waals surface area contributed by atoms with Gasteiger partial charge in [0, 0.05) is 0 Å². The smallest absolute Gasteiger partial charge is 0.337 e. The van der Waals surface area contributed by atoms with Crippen molar-refractivity contribution in [3.8, 4) is 0 Å². The fraction of sp³-hybridized carbons (Fsp3) is 0.467. The van der Waals surface area contributed by atoms with Gasteiger partial charge in [-0.3, -0.25) is 4.79 Å². The number of aliphatic carboxylic acids is 1. The van der Waals surface area contributed by atoms with Gasteiger partial charge in [0.05, 0.1) is 17.6 Å². The quantitative estimate of drug-likeness (QED) is 0.727. The number of rotatable bonds is 7. The van der Waals surface area contributed by atoms with Crippen LogP contribution in [0.2, 0.25) is 0 Å². The summed E-state index contributed by atoms with van der Waals surface area (Å²) < 4.78 is 31.6. The van der Waals surface area contributed by atoms with Crippen LogP contribution in [0.15, 0.2) is 23.1 Å². The summed E-state index contributed by atoms with van der Waals surface area (Å²) >= 11 is 0. The van der Waals surface area contributed by atoms with E-state index in [1.807, 2.05) is 0 Å². The number of ether oxygens (including phenoxy) is 1. The molecule has 1 aromatic rings. The molecule has 7 nitrogen and oxygen atoms in total. The maximum absolute atomic E-state index is 12.4. The third-order valence-corrected chi connectivity index (χ3v) is 4.82. The molecule has 128 valence electrons. The number of sulfonamides is 1. The van der Waals surface area contributed by atoms with Gasteiger partial charge in [-0.2, -0.15) is 4.72 Å². The lowest BCUT2D eigenvalue weighted by atomic mass is 10.1. The zero-order chi connectivity index (χ0) is 17.8. The van der Waals surface area contributed by atoms with Gasteiger partial charge in [-0.1, -0.05) is 13.8 Å². The molecule has 1 aromatic carbocycles. The summed E-state index contributed by atoms with van der Waals surface area (Å²) in [5.74, 6) is -1.79. The summed E-state index contributed by atoms with van der Waals surface area (Å²) in [5, 5.41) is 9.16. The third-order valence-electron chi connectivity index (χ3n) is 3.19. The zero-order valence-corrected chi connectivity index (χ0v) is 14.3. The molecule has 0 saturated carbocycles. The van der Waals surface area contributed by atoms with Crippen molar-refractivity contribution >= 4 is 22.0 Å². The summed E-state index contributed by atoms with van der Waals surface area (Å²) in [6.45, 7) is 5.14. The van der Waals surface area contributed by atoms with Gasteiger partial charge in [-0.05, 0) is 43.0 Å². The van der Waals surface area contributed by atoms with Crippen LogP contribution in [0.25, 0.3) is 0 Å². The molecule has 0 unspecified atom stereocenters. The minimum absolute atomic E-state index is 0.0154. The third kappa shape index (κ3) is 5.04. The molecule has 1 rings (SSSR count). The Morgan fingerprint density at radius 1 is 1.30 bits per heavy atom. The first-order valence-electron chi connectivity index (χ1n) is 7.02. The molecular formula is C15H21NO6S. The Labute approximate surface area is 135 Å². The number of nitrogens with one attached hydrogen (secondary N) is 1. The molecular weight excluding hydrogens is 322 g/mol. The van der Waals surface area contributed by atoms with E-state index in [9.17, 15) is 18.0 Å². The Bertz CT molecular complexity index is 696. The lowest BCUT2D eigenvalue weighted by Crippen LogP contribution is -2.41. The van der Waals surface area contributed by atoms with Crippen LogP contribution >= 0.6 is 0 Å². The topological polar surface area (TPSA) is 110 Å². The van der Waals surface area contributed by atoms with Crippen LogP contribution < -0.4 is 4.72 Å². The van der Waals surface area contributed by atoms with Crippen molar-refractivity contribution in [2.24, 2.45) is 5.92 Å². The normalized spacial score (nSPS) is 12.9. The Morgan fingerprint density at radius 2 is 1.91 bits per heavy atom. The number of hydrogen-bond donors (Lipinski definition) is 2. The molecule has 0 aliphatic rings. The summed E-state index contributed by atoms with van der Waals surface area (Å²) in [6.07, 6.45) is 0.174. The largest absolute Gasteiger partial charge is 0.480 e. The van der Waals surface area contributed by atoms with Crippen molar-refractivity contribution in [3.05, 3.63) is 29.3 Å². The second kappa shape index (κ2) is 7.56. The number of aryl methyl sites for hydroxylation is 1. The highest BCUT2D eigenvalue weighted by molar-refractivity contribution is 7.89. The number of carboxylic acids is 1. The van der Waals surface area contributed by atoms with Crippen LogP contribution in [0, 0.1) is 12.8 Å². The first kappa shape index (κ1) is 19.1. The van der Waals surface area contributed by atoms with Crippen LogP contribution in [-0.2, 0) is 19.6 Å². The number of carbonyl (C=O) groups excluding carboxylic acids is 1. The van der Waals surface area contributed by atoms with E-state index in [2.05, 4.69) is 9.46 Å². The molecule has 23 heavy (non-hydrogen) atoms.